The van der Waals surface area contributed by atoms with Gasteiger partial charge in [-0.25, -0.2) is 4.39 Å². The summed E-state index contributed by atoms with van der Waals surface area (Å²) in [5.74, 6) is 0.522. The van der Waals surface area contributed by atoms with Crippen molar-refractivity contribution in [1.29, 1.82) is 0 Å². The Morgan fingerprint density at radius 2 is 1.69 bits per heavy atom. The van der Waals surface area contributed by atoms with E-state index in [1.165, 1.54) is 11.1 Å². The lowest BCUT2D eigenvalue weighted by Crippen LogP contribution is -2.45. The number of alkyl halides is 3. The van der Waals surface area contributed by atoms with E-state index < -0.39 is 17.8 Å². The fourth-order valence-electron chi connectivity index (χ4n) is 5.39. The van der Waals surface area contributed by atoms with Gasteiger partial charge in [-0.2, -0.15) is 18.3 Å². The second kappa shape index (κ2) is 13.2. The lowest BCUT2D eigenvalue weighted by Gasteiger charge is -2.39. The Kier molecular flexibility index (Phi) is 10.2. The van der Waals surface area contributed by atoms with Crippen molar-refractivity contribution in [3.63, 3.8) is 0 Å². The summed E-state index contributed by atoms with van der Waals surface area (Å²) in [6.45, 7) is 11.3. The van der Waals surface area contributed by atoms with Crippen molar-refractivity contribution in [3.8, 4) is 11.5 Å². The summed E-state index contributed by atoms with van der Waals surface area (Å²) in [5, 5.41) is 5.42. The monoisotopic (exact) mass is 551 g/mol. The van der Waals surface area contributed by atoms with Gasteiger partial charge in [0, 0.05) is 37.4 Å². The van der Waals surface area contributed by atoms with E-state index in [1.807, 2.05) is 25.5 Å². The molecule has 0 bridgehead atoms. The molecule has 1 saturated heterocycles. The maximum absolute atomic E-state index is 14.6. The van der Waals surface area contributed by atoms with Crippen molar-refractivity contribution >= 4 is 23.9 Å². The second-order valence-corrected chi connectivity index (χ2v) is 9.69. The lowest BCUT2D eigenvalue weighted by atomic mass is 9.91. The van der Waals surface area contributed by atoms with Crippen LogP contribution < -0.4 is 19.4 Å². The molecule has 0 saturated carbocycles. The zero-order valence-electron chi connectivity index (χ0n) is 22.9. The third kappa shape index (κ3) is 6.83. The quantitative estimate of drug-likeness (QED) is 0.335. The number of hydrazone groups is 1. The molecule has 0 aromatic heterocycles. The van der Waals surface area contributed by atoms with Gasteiger partial charge in [0.05, 0.1) is 24.0 Å². The zero-order chi connectivity index (χ0) is 28.7. The summed E-state index contributed by atoms with van der Waals surface area (Å²) in [5.41, 5.74) is 0.411. The third-order valence-corrected chi connectivity index (χ3v) is 7.39. The molecule has 0 amide bonds. The normalized spacial score (nSPS) is 23.1. The van der Waals surface area contributed by atoms with Gasteiger partial charge in [0.25, 0.3) is 0 Å². The molecule has 214 valence electrons. The standard InChI is InChI=1S/C28H35F4N3O2.CH2O/c1-5-19-17-34(25-16-22(36-7-3)12-13-23(25)29)15-14-26(19)37-21-10-8-20(9-11-21)35-24(6-2)18(4)27(33-35)28(30,31)32;1-2/h8-13,16,18-19,24,26H,5-7,14-15,17H2,1-4H3;1H2/t18?,19?,24-,26?;/m0./s1. The molecule has 1 fully saturated rings. The van der Waals surface area contributed by atoms with Crippen LogP contribution in [0.2, 0.25) is 0 Å². The maximum atomic E-state index is 14.6. The molecule has 39 heavy (non-hydrogen) atoms. The molecule has 0 spiro atoms. The minimum atomic E-state index is -4.44. The minimum absolute atomic E-state index is 0.0460. The van der Waals surface area contributed by atoms with Crippen LogP contribution in [0.1, 0.15) is 47.0 Å². The van der Waals surface area contributed by atoms with Gasteiger partial charge in [-0.15, -0.1) is 0 Å². The first-order chi connectivity index (χ1) is 18.7. The molecule has 0 aliphatic carbocycles. The van der Waals surface area contributed by atoms with E-state index in [9.17, 15) is 17.6 Å². The van der Waals surface area contributed by atoms with E-state index in [-0.39, 0.29) is 23.9 Å². The molecular formula is C29H37F4N3O3. The van der Waals surface area contributed by atoms with Crippen LogP contribution in [0.15, 0.2) is 47.6 Å². The highest BCUT2D eigenvalue weighted by Gasteiger charge is 2.47. The first-order valence-corrected chi connectivity index (χ1v) is 13.3. The summed E-state index contributed by atoms with van der Waals surface area (Å²) in [6, 6.07) is 11.6. The molecule has 4 rings (SSSR count). The Morgan fingerprint density at radius 3 is 2.28 bits per heavy atom. The Labute approximate surface area is 227 Å². The van der Waals surface area contributed by atoms with E-state index in [1.54, 1.807) is 43.3 Å². The molecule has 6 nitrogen and oxygen atoms in total. The van der Waals surface area contributed by atoms with E-state index in [0.29, 0.717) is 49.0 Å². The predicted octanol–water partition coefficient (Wildman–Crippen LogP) is 6.88. The molecule has 10 heteroatoms. The summed E-state index contributed by atoms with van der Waals surface area (Å²) in [6.07, 6.45) is -2.35. The third-order valence-electron chi connectivity index (χ3n) is 7.39. The van der Waals surface area contributed by atoms with Crippen LogP contribution in [0.4, 0.5) is 28.9 Å². The number of nitrogens with zero attached hydrogens (tertiary/aromatic N) is 3. The molecule has 2 aliphatic heterocycles. The number of hydrogen-bond acceptors (Lipinski definition) is 6. The Balaban J connectivity index is 0.00000205. The molecule has 0 radical (unpaired) electrons. The number of hydrogen-bond donors (Lipinski definition) is 0. The summed E-state index contributed by atoms with van der Waals surface area (Å²) >= 11 is 0. The van der Waals surface area contributed by atoms with Gasteiger partial charge in [0.2, 0.25) is 0 Å². The molecular weight excluding hydrogens is 514 g/mol. The molecule has 2 aromatic rings. The average molecular weight is 552 g/mol. The highest BCUT2D eigenvalue weighted by molar-refractivity contribution is 5.95. The lowest BCUT2D eigenvalue weighted by molar-refractivity contribution is -0.0980. The van der Waals surface area contributed by atoms with Crippen molar-refractivity contribution in [2.75, 3.05) is 29.6 Å². The highest BCUT2D eigenvalue weighted by atomic mass is 19.4. The number of halogens is 4. The van der Waals surface area contributed by atoms with Gasteiger partial charge in [0.15, 0.2) is 0 Å². The van der Waals surface area contributed by atoms with Gasteiger partial charge < -0.3 is 19.2 Å². The maximum Gasteiger partial charge on any atom is 0.431 e. The van der Waals surface area contributed by atoms with Crippen LogP contribution in [0.25, 0.3) is 0 Å². The first-order valence-electron chi connectivity index (χ1n) is 13.3. The Morgan fingerprint density at radius 1 is 1.03 bits per heavy atom. The average Bonchev–Trinajstić information content (AvgIpc) is 3.28. The van der Waals surface area contributed by atoms with Gasteiger partial charge in [-0.1, -0.05) is 20.8 Å². The SMILES string of the molecule is C=O.CCOc1ccc(F)c(N2CCC(Oc3ccc(N4N=C(C(F)(F)F)C(C)[C@@H]4CC)cc3)C(CC)C2)c1. The highest BCUT2D eigenvalue weighted by Crippen LogP contribution is 2.37. The topological polar surface area (TPSA) is 54.4 Å². The zero-order valence-corrected chi connectivity index (χ0v) is 22.9. The number of carbonyl (C=O) groups excluding carboxylic acids is 1. The van der Waals surface area contributed by atoms with Crippen molar-refractivity contribution in [2.24, 2.45) is 16.9 Å². The summed E-state index contributed by atoms with van der Waals surface area (Å²) in [7, 11) is 0. The number of rotatable bonds is 8. The van der Waals surface area contributed by atoms with E-state index in [2.05, 4.69) is 12.0 Å². The molecule has 3 unspecified atom stereocenters. The molecule has 0 N–H and O–H groups in total. The number of benzene rings is 2. The van der Waals surface area contributed by atoms with Crippen LogP contribution in [0.5, 0.6) is 11.5 Å². The van der Waals surface area contributed by atoms with Crippen molar-refractivity contribution in [3.05, 3.63) is 48.3 Å². The predicted molar refractivity (Wildman–Crippen MR) is 145 cm³/mol. The number of ether oxygens (including phenoxy) is 2. The fourth-order valence-corrected chi connectivity index (χ4v) is 5.39. The van der Waals surface area contributed by atoms with Crippen molar-refractivity contribution < 1.29 is 31.8 Å². The van der Waals surface area contributed by atoms with Crippen LogP contribution in [0.3, 0.4) is 0 Å². The number of anilines is 2. The summed E-state index contributed by atoms with van der Waals surface area (Å²) < 4.78 is 66.7. The van der Waals surface area contributed by atoms with E-state index >= 15 is 0 Å². The smallest absolute Gasteiger partial charge is 0.431 e. The van der Waals surface area contributed by atoms with Crippen LogP contribution in [0, 0.1) is 17.7 Å². The fraction of sp³-hybridized carbons (Fsp3) is 0.517. The first kappa shape index (κ1) is 30.2. The van der Waals surface area contributed by atoms with Crippen LogP contribution in [-0.2, 0) is 4.79 Å². The molecule has 2 aliphatic rings. The van der Waals surface area contributed by atoms with Gasteiger partial charge in [-0.05, 0) is 56.2 Å². The van der Waals surface area contributed by atoms with Crippen molar-refractivity contribution in [1.82, 2.24) is 0 Å². The van der Waals surface area contributed by atoms with E-state index in [4.69, 9.17) is 14.3 Å². The molecule has 4 atom stereocenters. The minimum Gasteiger partial charge on any atom is -0.494 e. The van der Waals surface area contributed by atoms with Crippen molar-refractivity contribution in [2.45, 2.75) is 65.3 Å². The number of piperidine rings is 1. The summed E-state index contributed by atoms with van der Waals surface area (Å²) in [4.78, 5) is 10.0. The van der Waals surface area contributed by atoms with E-state index in [0.717, 1.165) is 12.8 Å². The van der Waals surface area contributed by atoms with Crippen LogP contribution >= 0.6 is 0 Å². The van der Waals surface area contributed by atoms with Gasteiger partial charge in [-0.3, -0.25) is 5.01 Å². The second-order valence-electron chi connectivity index (χ2n) is 9.69. The molecule has 2 aromatic carbocycles. The Hall–Kier alpha value is -3.30. The molecule has 2 heterocycles. The van der Waals surface area contributed by atoms with Gasteiger partial charge >= 0.3 is 6.18 Å². The Bertz CT molecular complexity index is 1110. The van der Waals surface area contributed by atoms with Gasteiger partial charge in [0.1, 0.15) is 35.9 Å². The van der Waals surface area contributed by atoms with Crippen LogP contribution in [-0.4, -0.2) is 50.5 Å². The largest absolute Gasteiger partial charge is 0.494 e. The number of carbonyl (C=O) groups is 1.